The number of carbonyl (C=O) groups is 2. The monoisotopic (exact) mass is 288 g/mol. The molecule has 0 atom stereocenters. The largest absolute Gasteiger partial charge is 0.290 e. The van der Waals surface area contributed by atoms with Crippen LogP contribution in [-0.2, 0) is 4.79 Å². The minimum absolute atomic E-state index is 0.0510. The Hall–Kier alpha value is -2.70. The second-order valence-corrected chi connectivity index (χ2v) is 5.05. The molecular weight excluding hydrogens is 272 g/mol. The van der Waals surface area contributed by atoms with Gasteiger partial charge in [0.05, 0.1) is 5.39 Å². The van der Waals surface area contributed by atoms with Crippen LogP contribution in [0.5, 0.6) is 0 Å². The van der Waals surface area contributed by atoms with E-state index in [0.29, 0.717) is 17.2 Å². The molecular formula is C14H16N4O3. The van der Waals surface area contributed by atoms with Gasteiger partial charge in [0, 0.05) is 11.8 Å². The zero-order valence-corrected chi connectivity index (χ0v) is 11.8. The molecule has 7 heteroatoms. The van der Waals surface area contributed by atoms with Crippen LogP contribution in [0.2, 0.25) is 0 Å². The third-order valence-corrected chi connectivity index (χ3v) is 2.82. The topological polar surface area (TPSA) is 104 Å². The van der Waals surface area contributed by atoms with Crippen LogP contribution in [0, 0.1) is 5.92 Å². The Bertz CT molecular complexity index is 736. The first-order valence-electron chi connectivity index (χ1n) is 6.55. The van der Waals surface area contributed by atoms with Crippen molar-refractivity contribution < 1.29 is 9.59 Å². The van der Waals surface area contributed by atoms with E-state index in [-0.39, 0.29) is 23.1 Å². The van der Waals surface area contributed by atoms with Gasteiger partial charge in [-0.2, -0.15) is 5.10 Å². The molecule has 1 aromatic heterocycles. The van der Waals surface area contributed by atoms with Gasteiger partial charge in [-0.15, -0.1) is 0 Å². The number of aromatic nitrogens is 2. The standard InChI is InChI=1S/C14H16N4O3/c1-8(2)7-11(19)15-18-14(21)12-9-5-3-4-6-10(9)13(20)17-16-12/h3-6,8H,7H2,1-2H3,(H,15,19)(H,17,20)(H,18,21). The molecule has 0 aliphatic rings. The molecule has 0 spiro atoms. The van der Waals surface area contributed by atoms with Crippen LogP contribution < -0.4 is 16.4 Å². The number of amides is 2. The Kier molecular flexibility index (Phi) is 4.32. The highest BCUT2D eigenvalue weighted by atomic mass is 16.2. The van der Waals surface area contributed by atoms with Gasteiger partial charge in [0.2, 0.25) is 5.91 Å². The van der Waals surface area contributed by atoms with Crippen LogP contribution >= 0.6 is 0 Å². The van der Waals surface area contributed by atoms with Gasteiger partial charge < -0.3 is 0 Å². The zero-order valence-electron chi connectivity index (χ0n) is 11.8. The highest BCUT2D eigenvalue weighted by molar-refractivity contribution is 6.05. The number of carbonyl (C=O) groups excluding carboxylic acids is 2. The number of H-pyrrole nitrogens is 1. The number of benzene rings is 1. The molecule has 0 saturated carbocycles. The first kappa shape index (κ1) is 14.7. The van der Waals surface area contributed by atoms with E-state index < -0.39 is 5.91 Å². The summed E-state index contributed by atoms with van der Waals surface area (Å²) < 4.78 is 0. The molecule has 0 aliphatic carbocycles. The lowest BCUT2D eigenvalue weighted by Crippen LogP contribution is -2.42. The molecule has 0 aliphatic heterocycles. The summed E-state index contributed by atoms with van der Waals surface area (Å²) in [4.78, 5) is 35.2. The molecule has 2 rings (SSSR count). The molecule has 0 saturated heterocycles. The molecule has 7 nitrogen and oxygen atoms in total. The number of aromatic amines is 1. The maximum absolute atomic E-state index is 12.0. The van der Waals surface area contributed by atoms with Crippen molar-refractivity contribution in [2.45, 2.75) is 20.3 Å². The summed E-state index contributed by atoms with van der Waals surface area (Å²) >= 11 is 0. The average Bonchev–Trinajstić information content (AvgIpc) is 2.45. The van der Waals surface area contributed by atoms with E-state index in [1.165, 1.54) is 0 Å². The fourth-order valence-corrected chi connectivity index (χ4v) is 1.90. The maximum Gasteiger partial charge on any atom is 0.290 e. The molecule has 0 unspecified atom stereocenters. The Morgan fingerprint density at radius 2 is 1.86 bits per heavy atom. The van der Waals surface area contributed by atoms with Crippen molar-refractivity contribution in [3.63, 3.8) is 0 Å². The van der Waals surface area contributed by atoms with E-state index in [0.717, 1.165) is 0 Å². The molecule has 2 amide bonds. The Balaban J connectivity index is 2.19. The number of nitrogens with one attached hydrogen (secondary N) is 3. The minimum atomic E-state index is -0.584. The lowest BCUT2D eigenvalue weighted by Gasteiger charge is -2.09. The van der Waals surface area contributed by atoms with Crippen molar-refractivity contribution in [2.24, 2.45) is 5.92 Å². The van der Waals surface area contributed by atoms with Gasteiger partial charge in [-0.25, -0.2) is 5.10 Å². The van der Waals surface area contributed by atoms with Crippen LogP contribution in [-0.4, -0.2) is 22.0 Å². The minimum Gasteiger partial charge on any atom is -0.273 e. The van der Waals surface area contributed by atoms with Crippen molar-refractivity contribution in [1.29, 1.82) is 0 Å². The van der Waals surface area contributed by atoms with E-state index in [1.807, 2.05) is 13.8 Å². The number of fused-ring (bicyclic) bond motifs is 1. The van der Waals surface area contributed by atoms with Crippen molar-refractivity contribution in [3.05, 3.63) is 40.3 Å². The number of nitrogens with zero attached hydrogens (tertiary/aromatic N) is 1. The summed E-state index contributed by atoms with van der Waals surface area (Å²) in [5.74, 6) is -0.680. The summed E-state index contributed by atoms with van der Waals surface area (Å²) in [5.41, 5.74) is 4.30. The van der Waals surface area contributed by atoms with Gasteiger partial charge in [0.1, 0.15) is 0 Å². The van der Waals surface area contributed by atoms with Gasteiger partial charge in [0.25, 0.3) is 11.5 Å². The van der Waals surface area contributed by atoms with Crippen LogP contribution in [0.25, 0.3) is 10.8 Å². The molecule has 21 heavy (non-hydrogen) atoms. The van der Waals surface area contributed by atoms with E-state index in [1.54, 1.807) is 24.3 Å². The summed E-state index contributed by atoms with van der Waals surface area (Å²) in [7, 11) is 0. The van der Waals surface area contributed by atoms with Crippen molar-refractivity contribution in [1.82, 2.24) is 21.0 Å². The third kappa shape index (κ3) is 3.44. The lowest BCUT2D eigenvalue weighted by molar-refractivity contribution is -0.122. The van der Waals surface area contributed by atoms with Crippen LogP contribution in [0.15, 0.2) is 29.1 Å². The SMILES string of the molecule is CC(C)CC(=O)NNC(=O)c1n[nH]c(=O)c2ccccc12. The van der Waals surface area contributed by atoms with Crippen molar-refractivity contribution in [2.75, 3.05) is 0 Å². The molecule has 3 N–H and O–H groups in total. The number of rotatable bonds is 3. The van der Waals surface area contributed by atoms with Crippen LogP contribution in [0.3, 0.4) is 0 Å². The maximum atomic E-state index is 12.0. The van der Waals surface area contributed by atoms with Gasteiger partial charge >= 0.3 is 0 Å². The van der Waals surface area contributed by atoms with Gasteiger partial charge in [0.15, 0.2) is 5.69 Å². The molecule has 0 bridgehead atoms. The first-order valence-corrected chi connectivity index (χ1v) is 6.55. The predicted molar refractivity (Wildman–Crippen MR) is 77.4 cm³/mol. The predicted octanol–water partition coefficient (Wildman–Crippen LogP) is 0.730. The third-order valence-electron chi connectivity index (χ3n) is 2.82. The van der Waals surface area contributed by atoms with Gasteiger partial charge in [-0.05, 0) is 12.0 Å². The number of hydrogen-bond donors (Lipinski definition) is 3. The van der Waals surface area contributed by atoms with Crippen molar-refractivity contribution in [3.8, 4) is 0 Å². The summed E-state index contributed by atoms with van der Waals surface area (Å²) in [6.07, 6.45) is 0.306. The molecule has 2 aromatic rings. The Morgan fingerprint density at radius 3 is 2.52 bits per heavy atom. The van der Waals surface area contributed by atoms with Gasteiger partial charge in [-0.1, -0.05) is 32.0 Å². The second kappa shape index (κ2) is 6.17. The van der Waals surface area contributed by atoms with E-state index in [9.17, 15) is 14.4 Å². The molecule has 1 heterocycles. The van der Waals surface area contributed by atoms with Gasteiger partial charge in [-0.3, -0.25) is 25.2 Å². The smallest absolute Gasteiger partial charge is 0.273 e. The fourth-order valence-electron chi connectivity index (χ4n) is 1.90. The average molecular weight is 288 g/mol. The second-order valence-electron chi connectivity index (χ2n) is 5.05. The number of hydrazine groups is 1. The van der Waals surface area contributed by atoms with E-state index in [2.05, 4.69) is 21.0 Å². The summed E-state index contributed by atoms with van der Waals surface area (Å²) in [6.45, 7) is 3.80. The summed E-state index contributed by atoms with van der Waals surface area (Å²) in [5, 5.41) is 6.80. The molecule has 0 radical (unpaired) electrons. The van der Waals surface area contributed by atoms with E-state index >= 15 is 0 Å². The molecule has 0 fully saturated rings. The lowest BCUT2D eigenvalue weighted by atomic mass is 10.1. The Morgan fingerprint density at radius 1 is 1.19 bits per heavy atom. The van der Waals surface area contributed by atoms with E-state index in [4.69, 9.17) is 0 Å². The summed E-state index contributed by atoms with van der Waals surface area (Å²) in [6, 6.07) is 6.63. The highest BCUT2D eigenvalue weighted by Crippen LogP contribution is 2.11. The van der Waals surface area contributed by atoms with Crippen LogP contribution in [0.4, 0.5) is 0 Å². The fraction of sp³-hybridized carbons (Fsp3) is 0.286. The quantitative estimate of drug-likeness (QED) is 0.724. The van der Waals surface area contributed by atoms with Crippen molar-refractivity contribution >= 4 is 22.6 Å². The number of hydrogen-bond acceptors (Lipinski definition) is 4. The Labute approximate surface area is 120 Å². The highest BCUT2D eigenvalue weighted by Gasteiger charge is 2.14. The normalized spacial score (nSPS) is 10.6. The first-order chi connectivity index (χ1) is 9.99. The molecule has 1 aromatic carbocycles. The zero-order chi connectivity index (χ0) is 15.4. The molecule has 110 valence electrons. The van der Waals surface area contributed by atoms with Crippen LogP contribution in [0.1, 0.15) is 30.8 Å².